The molecule has 33 heavy (non-hydrogen) atoms. The highest BCUT2D eigenvalue weighted by Crippen LogP contribution is 2.48. The van der Waals surface area contributed by atoms with E-state index in [1.807, 2.05) is 0 Å². The third kappa shape index (κ3) is 4.49. The van der Waals surface area contributed by atoms with Crippen LogP contribution in [0, 0.1) is 0 Å². The van der Waals surface area contributed by atoms with E-state index in [9.17, 15) is 44.7 Å². The average Bonchev–Trinajstić information content (AvgIpc) is 3.08. The Morgan fingerprint density at radius 1 is 1.12 bits per heavy atom. The van der Waals surface area contributed by atoms with Crippen LogP contribution in [0.2, 0.25) is 0 Å². The largest absolute Gasteiger partial charge is 0.483 e. The number of benzene rings is 1. The molecule has 1 fully saturated rings. The summed E-state index contributed by atoms with van der Waals surface area (Å²) in [6, 6.07) is 1.92. The van der Waals surface area contributed by atoms with Crippen LogP contribution in [-0.2, 0) is 15.5 Å². The Morgan fingerprint density at radius 3 is 2.27 bits per heavy atom. The lowest BCUT2D eigenvalue weighted by atomic mass is 9.87. The maximum absolute atomic E-state index is 14.0. The van der Waals surface area contributed by atoms with E-state index in [4.69, 9.17) is 4.74 Å². The van der Waals surface area contributed by atoms with Crippen molar-refractivity contribution in [3.8, 4) is 5.75 Å². The van der Waals surface area contributed by atoms with Crippen molar-refractivity contribution in [1.82, 2.24) is 10.2 Å². The normalized spacial score (nSPS) is 18.8. The van der Waals surface area contributed by atoms with E-state index in [0.29, 0.717) is 18.6 Å². The number of carbonyl (C=O) groups excluding carboxylic acids is 2. The lowest BCUT2D eigenvalue weighted by Crippen LogP contribution is -2.46. The lowest BCUT2D eigenvalue weighted by Gasteiger charge is -2.40. The third-order valence-corrected chi connectivity index (χ3v) is 5.36. The SMILES string of the molecule is CC1(C)Oc2ccc(C(F)(F)C(F)(F)F)cc2C(N2CCCC2=O)=C1CNC(=O)C(F)(F)F. The number of nitrogens with one attached hydrogen (secondary N) is 1. The highest BCUT2D eigenvalue weighted by Gasteiger charge is 2.59. The number of likely N-dealkylation sites (tertiary alicyclic amines) is 1. The predicted octanol–water partition coefficient (Wildman–Crippen LogP) is 4.52. The van der Waals surface area contributed by atoms with Crippen molar-refractivity contribution in [2.24, 2.45) is 0 Å². The minimum Gasteiger partial charge on any atom is -0.483 e. The number of rotatable bonds is 4. The summed E-state index contributed by atoms with van der Waals surface area (Å²) in [5.74, 6) is -8.16. The molecule has 0 bridgehead atoms. The molecule has 3 rings (SSSR count). The van der Waals surface area contributed by atoms with E-state index in [1.165, 1.54) is 13.8 Å². The van der Waals surface area contributed by atoms with Crippen molar-refractivity contribution < 1.29 is 49.4 Å². The molecule has 1 aromatic rings. The first-order valence-corrected chi connectivity index (χ1v) is 9.64. The maximum Gasteiger partial charge on any atom is 0.471 e. The fourth-order valence-corrected chi connectivity index (χ4v) is 3.71. The first-order valence-electron chi connectivity index (χ1n) is 9.64. The summed E-state index contributed by atoms with van der Waals surface area (Å²) in [6.45, 7) is 2.08. The van der Waals surface area contributed by atoms with Crippen LogP contribution in [0.15, 0.2) is 23.8 Å². The topological polar surface area (TPSA) is 58.6 Å². The zero-order valence-electron chi connectivity index (χ0n) is 17.3. The predicted molar refractivity (Wildman–Crippen MR) is 98.0 cm³/mol. The van der Waals surface area contributed by atoms with Gasteiger partial charge in [0, 0.05) is 36.2 Å². The molecule has 1 aromatic carbocycles. The van der Waals surface area contributed by atoms with Crippen molar-refractivity contribution >= 4 is 17.5 Å². The number of nitrogens with zero attached hydrogens (tertiary/aromatic N) is 1. The summed E-state index contributed by atoms with van der Waals surface area (Å²) in [4.78, 5) is 24.9. The van der Waals surface area contributed by atoms with Gasteiger partial charge < -0.3 is 15.0 Å². The first-order chi connectivity index (χ1) is 15.0. The molecule has 182 valence electrons. The van der Waals surface area contributed by atoms with Crippen LogP contribution >= 0.6 is 0 Å². The van der Waals surface area contributed by atoms with Crippen LogP contribution in [0.1, 0.15) is 37.8 Å². The van der Waals surface area contributed by atoms with Gasteiger partial charge in [-0.15, -0.1) is 0 Å². The van der Waals surface area contributed by atoms with E-state index in [-0.39, 0.29) is 35.5 Å². The summed E-state index contributed by atoms with van der Waals surface area (Å²) in [5.41, 5.74) is -3.43. The molecule has 2 aliphatic rings. The monoisotopic (exact) mass is 486 g/mol. The molecular weight excluding hydrogens is 468 g/mol. The van der Waals surface area contributed by atoms with Gasteiger partial charge in [0.25, 0.3) is 0 Å². The molecule has 0 atom stereocenters. The first kappa shape index (κ1) is 24.8. The second-order valence-corrected chi connectivity index (χ2v) is 8.05. The number of hydrogen-bond acceptors (Lipinski definition) is 3. The number of fused-ring (bicyclic) bond motifs is 1. The third-order valence-electron chi connectivity index (χ3n) is 5.36. The Bertz CT molecular complexity index is 1010. The van der Waals surface area contributed by atoms with Gasteiger partial charge in [-0.2, -0.15) is 35.1 Å². The Labute approximate surface area is 182 Å². The van der Waals surface area contributed by atoms with E-state index in [2.05, 4.69) is 0 Å². The van der Waals surface area contributed by atoms with Crippen LogP contribution < -0.4 is 10.1 Å². The fraction of sp³-hybridized carbons (Fsp3) is 0.500. The van der Waals surface area contributed by atoms with Gasteiger partial charge in [0.05, 0.1) is 5.70 Å². The van der Waals surface area contributed by atoms with Crippen molar-refractivity contribution in [1.29, 1.82) is 0 Å². The smallest absolute Gasteiger partial charge is 0.471 e. The summed E-state index contributed by atoms with van der Waals surface area (Å²) in [7, 11) is 0. The molecule has 0 spiro atoms. The second-order valence-electron chi connectivity index (χ2n) is 8.05. The maximum atomic E-state index is 14.0. The van der Waals surface area contributed by atoms with E-state index >= 15 is 0 Å². The standard InChI is InChI=1S/C20H18F8N2O3/c1-17(2)12(9-29-16(32)19(23,24)25)15(30-7-3-4-14(30)31)11-8-10(5-6-13(11)33-17)18(21,22)20(26,27)28/h5-6,8H,3-4,7,9H2,1-2H3,(H,29,32). The quantitative estimate of drug-likeness (QED) is 0.637. The van der Waals surface area contributed by atoms with Crippen molar-refractivity contribution in [2.45, 2.75) is 50.6 Å². The molecule has 2 amide bonds. The van der Waals surface area contributed by atoms with Gasteiger partial charge in [-0.05, 0) is 38.5 Å². The summed E-state index contributed by atoms with van der Waals surface area (Å²) in [6.07, 6.45) is -10.8. The molecule has 0 aliphatic carbocycles. The Kier molecular flexibility index (Phi) is 5.91. The average molecular weight is 486 g/mol. The molecule has 5 nitrogen and oxygen atoms in total. The van der Waals surface area contributed by atoms with Gasteiger partial charge in [0.15, 0.2) is 0 Å². The second kappa shape index (κ2) is 7.87. The van der Waals surface area contributed by atoms with Crippen LogP contribution in [0.25, 0.3) is 5.70 Å². The molecule has 2 heterocycles. The number of carbonyl (C=O) groups is 2. The highest BCUT2D eigenvalue weighted by molar-refractivity contribution is 5.92. The summed E-state index contributed by atoms with van der Waals surface area (Å²) < 4.78 is 110. The van der Waals surface area contributed by atoms with Gasteiger partial charge in [0.1, 0.15) is 11.4 Å². The molecule has 13 heteroatoms. The van der Waals surface area contributed by atoms with Crippen molar-refractivity contribution in [3.05, 3.63) is 34.9 Å². The van der Waals surface area contributed by atoms with Gasteiger partial charge in [0.2, 0.25) is 5.91 Å². The van der Waals surface area contributed by atoms with Crippen molar-refractivity contribution in [3.63, 3.8) is 0 Å². The number of hydrogen-bond donors (Lipinski definition) is 1. The Balaban J connectivity index is 2.20. The Morgan fingerprint density at radius 2 is 1.76 bits per heavy atom. The van der Waals surface area contributed by atoms with Crippen LogP contribution in [-0.4, -0.2) is 47.8 Å². The van der Waals surface area contributed by atoms with Gasteiger partial charge >= 0.3 is 24.2 Å². The molecule has 0 aromatic heterocycles. The minimum absolute atomic E-state index is 0.0424. The zero-order chi connectivity index (χ0) is 25.0. The minimum atomic E-state index is -5.91. The number of alkyl halides is 8. The fourth-order valence-electron chi connectivity index (χ4n) is 3.71. The number of ether oxygens (including phenoxy) is 1. The van der Waals surface area contributed by atoms with E-state index < -0.39 is 47.8 Å². The van der Waals surface area contributed by atoms with E-state index in [0.717, 1.165) is 11.0 Å². The number of halogens is 8. The highest BCUT2D eigenvalue weighted by atomic mass is 19.4. The van der Waals surface area contributed by atoms with Gasteiger partial charge in [-0.3, -0.25) is 9.59 Å². The summed E-state index contributed by atoms with van der Waals surface area (Å²) >= 11 is 0. The van der Waals surface area contributed by atoms with Gasteiger partial charge in [-0.1, -0.05) is 0 Å². The molecule has 2 aliphatic heterocycles. The van der Waals surface area contributed by atoms with Crippen LogP contribution in [0.3, 0.4) is 0 Å². The molecular formula is C20H18F8N2O3. The zero-order valence-corrected chi connectivity index (χ0v) is 17.3. The molecule has 1 N–H and O–H groups in total. The Hall–Kier alpha value is -2.86. The molecule has 1 saturated heterocycles. The van der Waals surface area contributed by atoms with E-state index in [1.54, 1.807) is 5.32 Å². The van der Waals surface area contributed by atoms with Crippen LogP contribution in [0.5, 0.6) is 5.75 Å². The van der Waals surface area contributed by atoms with Crippen molar-refractivity contribution in [2.75, 3.05) is 13.1 Å². The molecule has 0 radical (unpaired) electrons. The molecule has 0 saturated carbocycles. The summed E-state index contributed by atoms with van der Waals surface area (Å²) in [5, 5.41) is 1.65. The molecule has 0 unspecified atom stereocenters. The van der Waals surface area contributed by atoms with Gasteiger partial charge in [-0.25, -0.2) is 0 Å². The number of amides is 2. The lowest BCUT2D eigenvalue weighted by molar-refractivity contribution is -0.289. The van der Waals surface area contributed by atoms with Crippen LogP contribution in [0.4, 0.5) is 35.1 Å².